The van der Waals surface area contributed by atoms with E-state index in [1.54, 1.807) is 44.2 Å². The van der Waals surface area contributed by atoms with Crippen molar-refractivity contribution >= 4 is 17.5 Å². The number of benzene rings is 2. The molecule has 2 unspecified atom stereocenters. The fourth-order valence-corrected chi connectivity index (χ4v) is 3.21. The summed E-state index contributed by atoms with van der Waals surface area (Å²) in [6.45, 7) is 3.10. The number of hydrogen-bond donors (Lipinski definition) is 1. The van der Waals surface area contributed by atoms with Gasteiger partial charge in [-0.1, -0.05) is 44.2 Å². The Labute approximate surface area is 149 Å². The van der Waals surface area contributed by atoms with E-state index in [4.69, 9.17) is 4.74 Å². The molecule has 6 heteroatoms. The largest absolute Gasteiger partial charge is 0.479 e. The van der Waals surface area contributed by atoms with E-state index < -0.39 is 40.5 Å². The summed E-state index contributed by atoms with van der Waals surface area (Å²) in [6.07, 6.45) is 0. The first-order valence-corrected chi connectivity index (χ1v) is 8.11. The summed E-state index contributed by atoms with van der Waals surface area (Å²) in [5, 5.41) is 9.80. The van der Waals surface area contributed by atoms with Crippen LogP contribution in [0.1, 0.15) is 29.8 Å². The predicted molar refractivity (Wildman–Crippen MR) is 90.1 cm³/mol. The second-order valence-electron chi connectivity index (χ2n) is 6.49. The topological polar surface area (TPSA) is 84.0 Å². The van der Waals surface area contributed by atoms with Crippen LogP contribution in [0, 0.1) is 11.7 Å². The summed E-state index contributed by atoms with van der Waals surface area (Å²) in [5.41, 5.74) is -3.94. The molecule has 3 rings (SSSR count). The summed E-state index contributed by atoms with van der Waals surface area (Å²) in [4.78, 5) is 38.0. The minimum atomic E-state index is -2.30. The normalized spacial score (nSPS) is 24.3. The van der Waals surface area contributed by atoms with Crippen LogP contribution in [0.3, 0.4) is 0 Å². The van der Waals surface area contributed by atoms with Crippen molar-refractivity contribution in [3.8, 4) is 0 Å². The Morgan fingerprint density at radius 1 is 1.00 bits per heavy atom. The molecule has 0 aliphatic carbocycles. The van der Waals surface area contributed by atoms with Crippen molar-refractivity contribution in [2.45, 2.75) is 25.0 Å². The summed E-state index contributed by atoms with van der Waals surface area (Å²) < 4.78 is 18.7. The average molecular weight is 356 g/mol. The third-order valence-corrected chi connectivity index (χ3v) is 4.54. The third-order valence-electron chi connectivity index (χ3n) is 4.54. The second kappa shape index (κ2) is 6.14. The zero-order valence-corrected chi connectivity index (χ0v) is 14.2. The van der Waals surface area contributed by atoms with Crippen molar-refractivity contribution < 1.29 is 28.6 Å². The Kier molecular flexibility index (Phi) is 4.24. The van der Waals surface area contributed by atoms with Crippen LogP contribution >= 0.6 is 0 Å². The smallest absolute Gasteiger partial charge is 0.347 e. The molecule has 1 aliphatic rings. The quantitative estimate of drug-likeness (QED) is 0.489. The number of ether oxygens (including phenoxy) is 1. The molecule has 26 heavy (non-hydrogen) atoms. The van der Waals surface area contributed by atoms with E-state index in [9.17, 15) is 23.9 Å². The molecular formula is C20H17FO5. The molecule has 1 fully saturated rings. The molecule has 134 valence electrons. The van der Waals surface area contributed by atoms with Crippen LogP contribution in [0.2, 0.25) is 0 Å². The maximum Gasteiger partial charge on any atom is 0.347 e. The van der Waals surface area contributed by atoms with Crippen molar-refractivity contribution in [2.75, 3.05) is 0 Å². The Morgan fingerprint density at radius 3 is 2.08 bits per heavy atom. The maximum absolute atomic E-state index is 13.2. The summed E-state index contributed by atoms with van der Waals surface area (Å²) in [5.74, 6) is -4.09. The van der Waals surface area contributed by atoms with Gasteiger partial charge in [0, 0.05) is 11.5 Å². The van der Waals surface area contributed by atoms with Gasteiger partial charge in [-0.2, -0.15) is 0 Å². The van der Waals surface area contributed by atoms with E-state index in [0.717, 1.165) is 12.1 Å². The first-order chi connectivity index (χ1) is 12.3. The Bertz CT molecular complexity index is 875. The highest BCUT2D eigenvalue weighted by Gasteiger charge is 2.84. The van der Waals surface area contributed by atoms with Gasteiger partial charge < -0.3 is 9.84 Å². The number of carboxylic acid groups (broad SMARTS) is 1. The Morgan fingerprint density at radius 2 is 1.58 bits per heavy atom. The highest BCUT2D eigenvalue weighted by molar-refractivity contribution is 6.22. The molecule has 0 radical (unpaired) electrons. The molecule has 2 aromatic carbocycles. The number of hydrogen-bond acceptors (Lipinski definition) is 4. The summed E-state index contributed by atoms with van der Waals surface area (Å²) >= 11 is 0. The van der Waals surface area contributed by atoms with Gasteiger partial charge >= 0.3 is 5.97 Å². The first kappa shape index (κ1) is 17.9. The van der Waals surface area contributed by atoms with Crippen LogP contribution in [0.4, 0.5) is 4.39 Å². The van der Waals surface area contributed by atoms with Crippen LogP contribution in [0.5, 0.6) is 0 Å². The minimum Gasteiger partial charge on any atom is -0.479 e. The van der Waals surface area contributed by atoms with E-state index in [1.165, 1.54) is 12.1 Å². The lowest BCUT2D eigenvalue weighted by molar-refractivity contribution is -0.149. The van der Waals surface area contributed by atoms with Crippen LogP contribution in [0.15, 0.2) is 54.6 Å². The standard InChI is InChI=1S/C20H17FO5/c1-12(2)16(22)20(18(24)25)19(26-20,14-6-4-3-5-7-14)17(23)13-8-10-15(21)11-9-13/h3-12H,1-2H3,(H,24,25). The molecule has 0 aromatic heterocycles. The van der Waals surface area contributed by atoms with Crippen molar-refractivity contribution in [1.29, 1.82) is 0 Å². The molecular weight excluding hydrogens is 339 g/mol. The van der Waals surface area contributed by atoms with Crippen molar-refractivity contribution in [2.24, 2.45) is 5.92 Å². The van der Waals surface area contributed by atoms with Crippen molar-refractivity contribution in [1.82, 2.24) is 0 Å². The molecule has 1 heterocycles. The molecule has 0 bridgehead atoms. The zero-order chi connectivity index (χ0) is 19.1. The number of Topliss-reactive ketones (excluding diaryl/α,β-unsaturated/α-hetero) is 2. The fraction of sp³-hybridized carbons (Fsp3) is 0.250. The predicted octanol–water partition coefficient (Wildman–Crippen LogP) is 2.98. The number of ketones is 2. The second-order valence-corrected chi connectivity index (χ2v) is 6.49. The third kappa shape index (κ3) is 2.37. The maximum atomic E-state index is 13.2. The number of aliphatic carboxylic acids is 1. The molecule has 2 aromatic rings. The van der Waals surface area contributed by atoms with Gasteiger partial charge in [-0.05, 0) is 29.8 Å². The van der Waals surface area contributed by atoms with Crippen LogP contribution in [-0.2, 0) is 19.9 Å². The number of carbonyl (C=O) groups is 3. The van der Waals surface area contributed by atoms with Gasteiger partial charge in [0.2, 0.25) is 11.4 Å². The van der Waals surface area contributed by atoms with Gasteiger partial charge in [-0.3, -0.25) is 9.59 Å². The van der Waals surface area contributed by atoms with Gasteiger partial charge in [0.25, 0.3) is 5.60 Å². The van der Waals surface area contributed by atoms with Gasteiger partial charge in [-0.25, -0.2) is 9.18 Å². The number of rotatable bonds is 6. The molecule has 1 aliphatic heterocycles. The molecule has 2 atom stereocenters. The molecule has 5 nitrogen and oxygen atoms in total. The molecule has 1 saturated heterocycles. The average Bonchev–Trinajstić information content (AvgIpc) is 3.34. The number of carbonyl (C=O) groups excluding carboxylic acids is 2. The fourth-order valence-electron chi connectivity index (χ4n) is 3.21. The van der Waals surface area contributed by atoms with Gasteiger partial charge in [0.1, 0.15) is 5.82 Å². The van der Waals surface area contributed by atoms with E-state index in [-0.39, 0.29) is 11.1 Å². The molecule has 0 saturated carbocycles. The zero-order valence-electron chi connectivity index (χ0n) is 14.2. The minimum absolute atomic E-state index is 0.0648. The van der Waals surface area contributed by atoms with Gasteiger partial charge in [0.05, 0.1) is 0 Å². The SMILES string of the molecule is CC(C)C(=O)C1(C(=O)O)OC1(C(=O)c1ccc(F)cc1)c1ccccc1. The monoisotopic (exact) mass is 356 g/mol. The number of epoxide rings is 1. The molecule has 1 N–H and O–H groups in total. The number of carboxylic acids is 1. The lowest BCUT2D eigenvalue weighted by Gasteiger charge is -2.18. The summed E-state index contributed by atoms with van der Waals surface area (Å²) in [6, 6.07) is 12.7. The lowest BCUT2D eigenvalue weighted by atomic mass is 9.76. The van der Waals surface area contributed by atoms with Crippen LogP contribution < -0.4 is 0 Å². The van der Waals surface area contributed by atoms with Crippen LogP contribution in [-0.4, -0.2) is 28.2 Å². The molecule has 0 amide bonds. The first-order valence-electron chi connectivity index (χ1n) is 8.11. The Hall–Kier alpha value is -2.86. The molecule has 0 spiro atoms. The van der Waals surface area contributed by atoms with E-state index in [2.05, 4.69) is 0 Å². The van der Waals surface area contributed by atoms with E-state index in [1.807, 2.05) is 0 Å². The van der Waals surface area contributed by atoms with E-state index >= 15 is 0 Å². The van der Waals surface area contributed by atoms with Crippen molar-refractivity contribution in [3.63, 3.8) is 0 Å². The van der Waals surface area contributed by atoms with E-state index in [0.29, 0.717) is 0 Å². The van der Waals surface area contributed by atoms with Gasteiger partial charge in [-0.15, -0.1) is 0 Å². The van der Waals surface area contributed by atoms with Crippen molar-refractivity contribution in [3.05, 3.63) is 71.5 Å². The summed E-state index contributed by atoms with van der Waals surface area (Å²) in [7, 11) is 0. The van der Waals surface area contributed by atoms with Crippen LogP contribution in [0.25, 0.3) is 0 Å². The number of halogens is 1. The van der Waals surface area contributed by atoms with Gasteiger partial charge in [0.15, 0.2) is 5.78 Å². The Balaban J connectivity index is 2.20. The highest BCUT2D eigenvalue weighted by Crippen LogP contribution is 2.59. The highest BCUT2D eigenvalue weighted by atomic mass is 19.1. The lowest BCUT2D eigenvalue weighted by Crippen LogP contribution is -2.46.